The van der Waals surface area contributed by atoms with Crippen LogP contribution in [0.2, 0.25) is 0 Å². The summed E-state index contributed by atoms with van der Waals surface area (Å²) in [7, 11) is 0. The van der Waals surface area contributed by atoms with Gasteiger partial charge in [0, 0.05) is 11.4 Å². The third-order valence-corrected chi connectivity index (χ3v) is 5.21. The van der Waals surface area contributed by atoms with Crippen LogP contribution in [0.5, 0.6) is 0 Å². The van der Waals surface area contributed by atoms with E-state index in [1.807, 2.05) is 0 Å². The van der Waals surface area contributed by atoms with Crippen LogP contribution in [0.3, 0.4) is 0 Å². The van der Waals surface area contributed by atoms with Crippen LogP contribution in [0.25, 0.3) is 0 Å². The monoisotopic (exact) mass is 285 g/mol. The zero-order valence-electron chi connectivity index (χ0n) is 11.0. The maximum absolute atomic E-state index is 12.1. The molecule has 19 heavy (non-hydrogen) atoms. The molecule has 0 saturated heterocycles. The molecule has 0 spiro atoms. The van der Waals surface area contributed by atoms with Crippen molar-refractivity contribution in [3.05, 3.63) is 4.91 Å². The Kier molecular flexibility index (Phi) is 3.41. The highest BCUT2D eigenvalue weighted by Crippen LogP contribution is 2.55. The standard InChI is InChI=1S/C13H20ClN3O2/c14-1-2-17(16-19)12(18)15-13-6-9-3-10(7-13)5-11(4-9)8-13/h9-11H,1-8H2,(H,15,18). The minimum atomic E-state index is -0.377. The Morgan fingerprint density at radius 2 is 1.74 bits per heavy atom. The summed E-state index contributed by atoms with van der Waals surface area (Å²) in [6.45, 7) is 0.170. The van der Waals surface area contributed by atoms with E-state index in [1.54, 1.807) is 0 Å². The zero-order valence-corrected chi connectivity index (χ0v) is 11.7. The normalized spacial score (nSPS) is 39.1. The van der Waals surface area contributed by atoms with Crippen LogP contribution < -0.4 is 5.32 Å². The van der Waals surface area contributed by atoms with Crippen LogP contribution in [0, 0.1) is 22.7 Å². The van der Waals surface area contributed by atoms with Crippen LogP contribution in [-0.2, 0) is 0 Å². The predicted octanol–water partition coefficient (Wildman–Crippen LogP) is 2.89. The van der Waals surface area contributed by atoms with Gasteiger partial charge in [-0.15, -0.1) is 16.5 Å². The Bertz CT molecular complexity index is 353. The van der Waals surface area contributed by atoms with Crippen molar-refractivity contribution in [1.29, 1.82) is 0 Å². The molecule has 106 valence electrons. The van der Waals surface area contributed by atoms with Crippen molar-refractivity contribution in [1.82, 2.24) is 10.3 Å². The first-order valence-electron chi connectivity index (χ1n) is 7.13. The van der Waals surface area contributed by atoms with E-state index in [0.29, 0.717) is 0 Å². The highest BCUT2D eigenvalue weighted by molar-refractivity contribution is 6.18. The summed E-state index contributed by atoms with van der Waals surface area (Å²) < 4.78 is 0. The van der Waals surface area contributed by atoms with Gasteiger partial charge in [0.25, 0.3) is 0 Å². The molecular formula is C13H20ClN3O2. The molecule has 4 bridgehead atoms. The lowest BCUT2D eigenvalue weighted by molar-refractivity contribution is -0.0155. The summed E-state index contributed by atoms with van der Waals surface area (Å²) in [5.41, 5.74) is -0.0823. The highest BCUT2D eigenvalue weighted by Gasteiger charge is 2.51. The van der Waals surface area contributed by atoms with Crippen molar-refractivity contribution >= 4 is 17.6 Å². The fourth-order valence-electron chi connectivity index (χ4n) is 4.81. The van der Waals surface area contributed by atoms with E-state index < -0.39 is 0 Å². The van der Waals surface area contributed by atoms with Gasteiger partial charge in [-0.3, -0.25) is 0 Å². The smallest absolute Gasteiger partial charge is 0.331 e. The van der Waals surface area contributed by atoms with Crippen LogP contribution in [-0.4, -0.2) is 29.0 Å². The predicted molar refractivity (Wildman–Crippen MR) is 72.7 cm³/mol. The van der Waals surface area contributed by atoms with Crippen LogP contribution in [0.4, 0.5) is 4.79 Å². The molecule has 0 aromatic rings. The van der Waals surface area contributed by atoms with Gasteiger partial charge in [0.1, 0.15) is 0 Å². The fraction of sp³-hybridized carbons (Fsp3) is 0.923. The summed E-state index contributed by atoms with van der Waals surface area (Å²) in [5.74, 6) is 2.51. The fourth-order valence-corrected chi connectivity index (χ4v) is 4.97. The maximum atomic E-state index is 12.1. The molecule has 4 aliphatic carbocycles. The Labute approximate surface area is 118 Å². The van der Waals surface area contributed by atoms with Gasteiger partial charge in [-0.05, 0) is 56.3 Å². The molecule has 0 atom stereocenters. The molecular weight excluding hydrogens is 266 g/mol. The lowest BCUT2D eigenvalue weighted by Crippen LogP contribution is -2.61. The van der Waals surface area contributed by atoms with E-state index in [4.69, 9.17) is 11.6 Å². The zero-order chi connectivity index (χ0) is 13.5. The van der Waals surface area contributed by atoms with Gasteiger partial charge in [-0.2, -0.15) is 5.01 Å². The Balaban J connectivity index is 1.68. The second-order valence-electron chi connectivity index (χ2n) is 6.52. The Hall–Kier alpha value is -0.840. The Morgan fingerprint density at radius 3 is 2.16 bits per heavy atom. The molecule has 4 aliphatic rings. The molecule has 0 radical (unpaired) electrons. The number of hydrogen-bond donors (Lipinski definition) is 1. The molecule has 4 fully saturated rings. The molecule has 0 unspecified atom stereocenters. The molecule has 4 saturated carbocycles. The molecule has 1 N–H and O–H groups in total. The number of halogens is 1. The first-order valence-corrected chi connectivity index (χ1v) is 7.66. The number of nitrogens with one attached hydrogen (secondary N) is 1. The lowest BCUT2D eigenvalue weighted by Gasteiger charge is -2.56. The van der Waals surface area contributed by atoms with E-state index in [0.717, 1.165) is 42.0 Å². The second-order valence-corrected chi connectivity index (χ2v) is 6.90. The van der Waals surface area contributed by atoms with E-state index in [9.17, 15) is 9.70 Å². The number of urea groups is 1. The van der Waals surface area contributed by atoms with Crippen molar-refractivity contribution in [2.75, 3.05) is 12.4 Å². The molecule has 0 heterocycles. The topological polar surface area (TPSA) is 61.8 Å². The van der Waals surface area contributed by atoms with E-state index in [-0.39, 0.29) is 24.0 Å². The van der Waals surface area contributed by atoms with Crippen molar-refractivity contribution in [2.45, 2.75) is 44.1 Å². The third-order valence-electron chi connectivity index (χ3n) is 5.04. The molecule has 6 heteroatoms. The molecule has 5 nitrogen and oxygen atoms in total. The quantitative estimate of drug-likeness (QED) is 0.490. The number of alkyl halides is 1. The SMILES string of the molecule is O=NN(CCCl)C(=O)NC12CC3CC(CC(C3)C1)C2. The molecule has 2 amide bonds. The van der Waals surface area contributed by atoms with Gasteiger partial charge in [0.15, 0.2) is 0 Å². The van der Waals surface area contributed by atoms with E-state index in [2.05, 4.69) is 10.6 Å². The summed E-state index contributed by atoms with van der Waals surface area (Å²) in [6, 6.07) is -0.377. The first kappa shape index (κ1) is 13.2. The van der Waals surface area contributed by atoms with Crippen LogP contribution in [0.1, 0.15) is 38.5 Å². The molecule has 0 aromatic carbocycles. The van der Waals surface area contributed by atoms with Gasteiger partial charge in [0.05, 0.1) is 11.8 Å². The number of nitrogens with zero attached hydrogens (tertiary/aromatic N) is 2. The number of amides is 2. The van der Waals surface area contributed by atoms with Crippen LogP contribution >= 0.6 is 11.6 Å². The largest absolute Gasteiger partial charge is 0.340 e. The average Bonchev–Trinajstić information content (AvgIpc) is 2.33. The number of carbonyl (C=O) groups excluding carboxylic acids is 1. The van der Waals surface area contributed by atoms with Crippen molar-refractivity contribution in [2.24, 2.45) is 23.0 Å². The van der Waals surface area contributed by atoms with Gasteiger partial charge >= 0.3 is 6.03 Å². The van der Waals surface area contributed by atoms with E-state index >= 15 is 0 Å². The average molecular weight is 286 g/mol. The lowest BCUT2D eigenvalue weighted by atomic mass is 9.53. The Morgan fingerprint density at radius 1 is 1.21 bits per heavy atom. The van der Waals surface area contributed by atoms with E-state index in [1.165, 1.54) is 19.3 Å². The second kappa shape index (κ2) is 4.93. The summed E-state index contributed by atoms with van der Waals surface area (Å²) in [5, 5.41) is 6.77. The minimum absolute atomic E-state index is 0.0823. The number of hydrogen-bond acceptors (Lipinski definition) is 3. The van der Waals surface area contributed by atoms with Gasteiger partial charge in [-0.25, -0.2) is 4.79 Å². The van der Waals surface area contributed by atoms with Crippen molar-refractivity contribution < 1.29 is 4.79 Å². The van der Waals surface area contributed by atoms with Crippen molar-refractivity contribution in [3.8, 4) is 0 Å². The van der Waals surface area contributed by atoms with Crippen molar-refractivity contribution in [3.63, 3.8) is 0 Å². The summed E-state index contributed by atoms with van der Waals surface area (Å²) >= 11 is 5.57. The van der Waals surface area contributed by atoms with Gasteiger partial charge in [0.2, 0.25) is 0 Å². The summed E-state index contributed by atoms with van der Waals surface area (Å²) in [4.78, 5) is 22.8. The van der Waals surface area contributed by atoms with Gasteiger partial charge in [-0.1, -0.05) is 0 Å². The number of rotatable bonds is 4. The third kappa shape index (κ3) is 2.45. The number of nitroso groups, excluding NO2 is 1. The number of carbonyl (C=O) groups is 1. The molecule has 4 rings (SSSR count). The minimum Gasteiger partial charge on any atom is -0.331 e. The molecule has 0 aromatic heterocycles. The molecule has 0 aliphatic heterocycles. The first-order chi connectivity index (χ1) is 9.14. The highest BCUT2D eigenvalue weighted by atomic mass is 35.5. The maximum Gasteiger partial charge on any atom is 0.340 e. The van der Waals surface area contributed by atoms with Crippen LogP contribution in [0.15, 0.2) is 5.29 Å². The van der Waals surface area contributed by atoms with Gasteiger partial charge < -0.3 is 5.32 Å². The summed E-state index contributed by atoms with van der Waals surface area (Å²) in [6.07, 6.45) is 7.18.